The Labute approximate surface area is 183 Å². The number of amides is 1. The molecule has 0 radical (unpaired) electrons. The lowest BCUT2D eigenvalue weighted by Gasteiger charge is -2.09. The zero-order valence-corrected chi connectivity index (χ0v) is 17.1. The van der Waals surface area contributed by atoms with E-state index in [1.165, 1.54) is 0 Å². The molecule has 0 aliphatic carbocycles. The largest absolute Gasteiger partial charge is 0.467 e. The number of furan rings is 1. The fourth-order valence-electron chi connectivity index (χ4n) is 3.36. The number of halogens is 1. The summed E-state index contributed by atoms with van der Waals surface area (Å²) in [5.74, 6) is 0.371. The Hall–Kier alpha value is -3.90. The number of fused-ring (bicyclic) bond motifs is 1. The molecule has 0 unspecified atom stereocenters. The Morgan fingerprint density at radius 2 is 1.77 bits per heavy atom. The van der Waals surface area contributed by atoms with E-state index in [0.717, 1.165) is 16.8 Å². The molecule has 152 valence electrons. The van der Waals surface area contributed by atoms with Crippen LogP contribution in [0.15, 0.2) is 89.5 Å². The third-order valence-corrected chi connectivity index (χ3v) is 5.21. The van der Waals surface area contributed by atoms with Crippen molar-refractivity contribution in [1.29, 1.82) is 0 Å². The maximum atomic E-state index is 13.1. The molecular weight excluding hydrogens is 412 g/mol. The van der Waals surface area contributed by atoms with Crippen molar-refractivity contribution in [3.05, 3.63) is 102 Å². The van der Waals surface area contributed by atoms with Crippen molar-refractivity contribution in [3.8, 4) is 22.5 Å². The van der Waals surface area contributed by atoms with E-state index in [-0.39, 0.29) is 12.5 Å². The lowest BCUT2D eigenvalue weighted by molar-refractivity contribution is 0.0940. The molecule has 0 saturated heterocycles. The number of carbonyl (C=O) groups excluding carboxylic acids is 1. The predicted molar refractivity (Wildman–Crippen MR) is 119 cm³/mol. The molecule has 3 aromatic heterocycles. The molecule has 3 heterocycles. The summed E-state index contributed by atoms with van der Waals surface area (Å²) in [5, 5.41) is 8.08. The smallest absolute Gasteiger partial charge is 0.270 e. The van der Waals surface area contributed by atoms with Crippen LogP contribution >= 0.6 is 11.6 Å². The lowest BCUT2D eigenvalue weighted by Crippen LogP contribution is -2.25. The van der Waals surface area contributed by atoms with Gasteiger partial charge < -0.3 is 9.73 Å². The van der Waals surface area contributed by atoms with Gasteiger partial charge >= 0.3 is 0 Å². The van der Waals surface area contributed by atoms with Gasteiger partial charge in [-0.3, -0.25) is 4.79 Å². The van der Waals surface area contributed by atoms with Gasteiger partial charge in [0.1, 0.15) is 11.5 Å². The number of benzene rings is 2. The number of rotatable bonds is 5. The highest BCUT2D eigenvalue weighted by molar-refractivity contribution is 6.33. The van der Waals surface area contributed by atoms with Crippen LogP contribution in [0.3, 0.4) is 0 Å². The molecule has 5 rings (SSSR count). The molecule has 1 amide bonds. The monoisotopic (exact) mass is 428 g/mol. The maximum absolute atomic E-state index is 13.1. The van der Waals surface area contributed by atoms with Crippen LogP contribution in [0, 0.1) is 0 Å². The van der Waals surface area contributed by atoms with Crippen LogP contribution in [0.5, 0.6) is 0 Å². The normalized spacial score (nSPS) is 11.0. The molecular formula is C24H17ClN4O2. The molecule has 0 atom stereocenters. The third kappa shape index (κ3) is 3.81. The summed E-state index contributed by atoms with van der Waals surface area (Å²) in [7, 11) is 0. The number of aromatic nitrogens is 3. The average Bonchev–Trinajstić information content (AvgIpc) is 3.47. The SMILES string of the molecule is O=C(NCc1ccco1)c1cc(-c2ccccc2Cl)nc2cc(-c3ccccc3)nn12. The van der Waals surface area contributed by atoms with Gasteiger partial charge in [0.15, 0.2) is 5.65 Å². The fraction of sp³-hybridized carbons (Fsp3) is 0.0417. The van der Waals surface area contributed by atoms with Crippen LogP contribution in [0.1, 0.15) is 16.2 Å². The van der Waals surface area contributed by atoms with E-state index in [9.17, 15) is 4.79 Å². The summed E-state index contributed by atoms with van der Waals surface area (Å²) in [6.45, 7) is 0.268. The topological polar surface area (TPSA) is 72.4 Å². The van der Waals surface area contributed by atoms with E-state index < -0.39 is 0 Å². The molecule has 31 heavy (non-hydrogen) atoms. The van der Waals surface area contributed by atoms with Gasteiger partial charge in [-0.2, -0.15) is 5.10 Å². The Bertz CT molecular complexity index is 1360. The Morgan fingerprint density at radius 3 is 2.55 bits per heavy atom. The van der Waals surface area contributed by atoms with Gasteiger partial charge in [0.05, 0.1) is 24.2 Å². The van der Waals surface area contributed by atoms with Crippen molar-refractivity contribution >= 4 is 23.2 Å². The summed E-state index contributed by atoms with van der Waals surface area (Å²) in [4.78, 5) is 17.8. The van der Waals surface area contributed by atoms with Crippen molar-refractivity contribution in [2.75, 3.05) is 0 Å². The second kappa shape index (κ2) is 8.08. The molecule has 1 N–H and O–H groups in total. The number of carbonyl (C=O) groups is 1. The minimum atomic E-state index is -0.292. The number of hydrogen-bond donors (Lipinski definition) is 1. The molecule has 5 aromatic rings. The highest BCUT2D eigenvalue weighted by Gasteiger charge is 2.18. The van der Waals surface area contributed by atoms with E-state index in [0.29, 0.717) is 27.8 Å². The van der Waals surface area contributed by atoms with Gasteiger partial charge in [-0.25, -0.2) is 9.50 Å². The van der Waals surface area contributed by atoms with Gasteiger partial charge in [0, 0.05) is 22.2 Å². The second-order valence-corrected chi connectivity index (χ2v) is 7.34. The van der Waals surface area contributed by atoms with Crippen molar-refractivity contribution in [2.45, 2.75) is 6.54 Å². The van der Waals surface area contributed by atoms with Crippen LogP contribution in [0.2, 0.25) is 5.02 Å². The van der Waals surface area contributed by atoms with Crippen molar-refractivity contribution < 1.29 is 9.21 Å². The van der Waals surface area contributed by atoms with E-state index in [2.05, 4.69) is 10.4 Å². The molecule has 0 aliphatic rings. The van der Waals surface area contributed by atoms with Crippen molar-refractivity contribution in [2.24, 2.45) is 0 Å². The standard InChI is InChI=1S/C24H17ClN4O2/c25-19-11-5-4-10-18(19)21-13-22(24(30)26-15-17-9-6-12-31-17)29-23(27-21)14-20(28-29)16-7-2-1-3-8-16/h1-14H,15H2,(H,26,30). The third-order valence-electron chi connectivity index (χ3n) is 4.88. The minimum absolute atomic E-state index is 0.268. The molecule has 0 saturated carbocycles. The van der Waals surface area contributed by atoms with Crippen LogP contribution in [0.25, 0.3) is 28.2 Å². The first kappa shape index (κ1) is 19.1. The summed E-state index contributed by atoms with van der Waals surface area (Å²) < 4.78 is 6.87. The van der Waals surface area contributed by atoms with Crippen LogP contribution in [-0.4, -0.2) is 20.5 Å². The summed E-state index contributed by atoms with van der Waals surface area (Å²) in [6.07, 6.45) is 1.57. The average molecular weight is 429 g/mol. The molecule has 0 aliphatic heterocycles. The first-order valence-electron chi connectivity index (χ1n) is 9.71. The number of nitrogens with one attached hydrogen (secondary N) is 1. The zero-order valence-electron chi connectivity index (χ0n) is 16.3. The summed E-state index contributed by atoms with van der Waals surface area (Å²) in [6, 6.07) is 24.3. The van der Waals surface area contributed by atoms with Gasteiger partial charge in [0.2, 0.25) is 0 Å². The molecule has 0 fully saturated rings. The van der Waals surface area contributed by atoms with Gasteiger partial charge in [0.25, 0.3) is 5.91 Å². The Balaban J connectivity index is 1.62. The predicted octanol–water partition coefficient (Wildman–Crippen LogP) is 5.24. The van der Waals surface area contributed by atoms with Gasteiger partial charge in [-0.1, -0.05) is 60.1 Å². The Kier molecular flexibility index (Phi) is 4.98. The number of hydrogen-bond acceptors (Lipinski definition) is 4. The van der Waals surface area contributed by atoms with E-state index >= 15 is 0 Å². The molecule has 2 aromatic carbocycles. The molecule has 7 heteroatoms. The first-order chi connectivity index (χ1) is 15.2. The quantitative estimate of drug-likeness (QED) is 0.415. The summed E-state index contributed by atoms with van der Waals surface area (Å²) in [5.41, 5.74) is 3.92. The highest BCUT2D eigenvalue weighted by Crippen LogP contribution is 2.28. The minimum Gasteiger partial charge on any atom is -0.467 e. The summed E-state index contributed by atoms with van der Waals surface area (Å²) >= 11 is 6.40. The van der Waals surface area contributed by atoms with Crippen LogP contribution in [-0.2, 0) is 6.54 Å². The van der Waals surface area contributed by atoms with E-state index in [1.54, 1.807) is 35.0 Å². The molecule has 0 bridgehead atoms. The van der Waals surface area contributed by atoms with Crippen LogP contribution in [0.4, 0.5) is 0 Å². The van der Waals surface area contributed by atoms with Crippen molar-refractivity contribution in [3.63, 3.8) is 0 Å². The van der Waals surface area contributed by atoms with E-state index in [4.69, 9.17) is 21.0 Å². The first-order valence-corrected chi connectivity index (χ1v) is 10.1. The highest BCUT2D eigenvalue weighted by atomic mass is 35.5. The second-order valence-electron chi connectivity index (χ2n) is 6.93. The van der Waals surface area contributed by atoms with Crippen molar-refractivity contribution in [1.82, 2.24) is 19.9 Å². The Morgan fingerprint density at radius 1 is 0.968 bits per heavy atom. The van der Waals surface area contributed by atoms with E-state index in [1.807, 2.05) is 54.6 Å². The molecule has 6 nitrogen and oxygen atoms in total. The zero-order chi connectivity index (χ0) is 21.2. The number of nitrogens with zero attached hydrogens (tertiary/aromatic N) is 3. The van der Waals surface area contributed by atoms with Gasteiger partial charge in [-0.15, -0.1) is 0 Å². The lowest BCUT2D eigenvalue weighted by atomic mass is 10.1. The molecule has 0 spiro atoms. The van der Waals surface area contributed by atoms with Gasteiger partial charge in [-0.05, 0) is 24.3 Å². The van der Waals surface area contributed by atoms with Crippen LogP contribution < -0.4 is 5.32 Å². The maximum Gasteiger partial charge on any atom is 0.270 e. The fourth-order valence-corrected chi connectivity index (χ4v) is 3.60.